The maximum Gasteiger partial charge on any atom is 0.303 e. The van der Waals surface area contributed by atoms with Gasteiger partial charge in [-0.15, -0.1) is 0 Å². The Labute approximate surface area is 89.5 Å². The highest BCUT2D eigenvalue weighted by molar-refractivity contribution is 5.77. The predicted octanol–water partition coefficient (Wildman–Crippen LogP) is 0.376. The minimum Gasteiger partial charge on any atom is -0.481 e. The molecule has 0 aromatic carbocycles. The Morgan fingerprint density at radius 1 is 1.27 bits per heavy atom. The Morgan fingerprint density at radius 2 is 1.93 bits per heavy atom. The number of unbranched alkanes of at least 4 members (excludes halogenated alkanes) is 1. The summed E-state index contributed by atoms with van der Waals surface area (Å²) < 4.78 is 0. The number of aliphatic carboxylic acids is 1. The maximum atomic E-state index is 11.2. The van der Waals surface area contributed by atoms with E-state index in [-0.39, 0.29) is 31.3 Å². The summed E-state index contributed by atoms with van der Waals surface area (Å²) in [6.07, 6.45) is 1.68. The van der Waals surface area contributed by atoms with Gasteiger partial charge in [0.05, 0.1) is 0 Å². The quantitative estimate of drug-likeness (QED) is 0.513. The molecule has 0 aromatic rings. The molecule has 0 aliphatic rings. The fraction of sp³-hybridized carbons (Fsp3) is 0.800. The summed E-state index contributed by atoms with van der Waals surface area (Å²) in [6.45, 7) is 2.41. The van der Waals surface area contributed by atoms with Gasteiger partial charge in [-0.05, 0) is 18.8 Å². The van der Waals surface area contributed by atoms with Gasteiger partial charge in [-0.1, -0.05) is 6.92 Å². The van der Waals surface area contributed by atoms with E-state index in [0.717, 1.165) is 6.42 Å². The number of amides is 1. The van der Waals surface area contributed by atoms with Crippen LogP contribution in [-0.4, -0.2) is 35.2 Å². The molecule has 88 valence electrons. The van der Waals surface area contributed by atoms with Crippen molar-refractivity contribution in [2.45, 2.75) is 32.6 Å². The van der Waals surface area contributed by atoms with Crippen LogP contribution < -0.4 is 5.32 Å². The second-order valence-electron chi connectivity index (χ2n) is 3.69. The zero-order chi connectivity index (χ0) is 11.7. The van der Waals surface area contributed by atoms with E-state index in [1.54, 1.807) is 6.92 Å². The van der Waals surface area contributed by atoms with Crippen LogP contribution in [0.25, 0.3) is 0 Å². The molecule has 0 saturated heterocycles. The van der Waals surface area contributed by atoms with Crippen molar-refractivity contribution in [2.24, 2.45) is 5.92 Å². The first-order chi connectivity index (χ1) is 7.06. The van der Waals surface area contributed by atoms with E-state index in [2.05, 4.69) is 5.32 Å². The van der Waals surface area contributed by atoms with Crippen LogP contribution in [0.1, 0.15) is 32.6 Å². The molecule has 1 atom stereocenters. The highest BCUT2D eigenvalue weighted by Crippen LogP contribution is 2.06. The van der Waals surface area contributed by atoms with E-state index in [9.17, 15) is 9.59 Å². The van der Waals surface area contributed by atoms with E-state index in [0.29, 0.717) is 13.0 Å². The molecule has 15 heavy (non-hydrogen) atoms. The van der Waals surface area contributed by atoms with Gasteiger partial charge in [-0.25, -0.2) is 0 Å². The van der Waals surface area contributed by atoms with Crippen molar-refractivity contribution in [3.63, 3.8) is 0 Å². The maximum absolute atomic E-state index is 11.2. The van der Waals surface area contributed by atoms with Gasteiger partial charge in [0.2, 0.25) is 5.91 Å². The van der Waals surface area contributed by atoms with Gasteiger partial charge in [-0.3, -0.25) is 9.59 Å². The highest BCUT2D eigenvalue weighted by Gasteiger charge is 2.11. The number of carbonyl (C=O) groups is 2. The largest absolute Gasteiger partial charge is 0.481 e. The van der Waals surface area contributed by atoms with E-state index in [1.807, 2.05) is 0 Å². The molecule has 0 radical (unpaired) electrons. The summed E-state index contributed by atoms with van der Waals surface area (Å²) in [6, 6.07) is 0. The standard InChI is InChI=1S/C10H19NO4/c1-8(7-10(14)15)6-9(13)11-4-2-3-5-12/h8,12H,2-7H2,1H3,(H,11,13)(H,14,15). The van der Waals surface area contributed by atoms with Crippen LogP contribution in [0, 0.1) is 5.92 Å². The monoisotopic (exact) mass is 217 g/mol. The normalized spacial score (nSPS) is 12.1. The Kier molecular flexibility index (Phi) is 7.62. The third kappa shape index (κ3) is 9.21. The molecule has 1 amide bonds. The molecule has 0 spiro atoms. The van der Waals surface area contributed by atoms with E-state index in [4.69, 9.17) is 10.2 Å². The Hall–Kier alpha value is -1.10. The van der Waals surface area contributed by atoms with Gasteiger partial charge < -0.3 is 15.5 Å². The summed E-state index contributed by atoms with van der Waals surface area (Å²) >= 11 is 0. The van der Waals surface area contributed by atoms with Crippen molar-refractivity contribution < 1.29 is 19.8 Å². The number of carboxylic acids is 1. The molecular formula is C10H19NO4. The molecule has 0 saturated carbocycles. The smallest absolute Gasteiger partial charge is 0.303 e. The average Bonchev–Trinajstić information content (AvgIpc) is 2.10. The van der Waals surface area contributed by atoms with Gasteiger partial charge in [0.25, 0.3) is 0 Å². The first-order valence-corrected chi connectivity index (χ1v) is 5.15. The number of aliphatic hydroxyl groups excluding tert-OH is 1. The first kappa shape index (κ1) is 13.9. The molecule has 5 nitrogen and oxygen atoms in total. The van der Waals surface area contributed by atoms with Gasteiger partial charge in [-0.2, -0.15) is 0 Å². The van der Waals surface area contributed by atoms with Crippen molar-refractivity contribution >= 4 is 11.9 Å². The summed E-state index contributed by atoms with van der Waals surface area (Å²) in [5.41, 5.74) is 0. The van der Waals surface area contributed by atoms with E-state index < -0.39 is 5.97 Å². The van der Waals surface area contributed by atoms with Gasteiger partial charge in [0.1, 0.15) is 0 Å². The Bertz CT molecular complexity index is 206. The zero-order valence-electron chi connectivity index (χ0n) is 9.03. The lowest BCUT2D eigenvalue weighted by molar-refractivity contribution is -0.138. The zero-order valence-corrected chi connectivity index (χ0v) is 9.03. The second kappa shape index (κ2) is 8.23. The van der Waals surface area contributed by atoms with Crippen molar-refractivity contribution in [3.05, 3.63) is 0 Å². The van der Waals surface area contributed by atoms with Crippen LogP contribution >= 0.6 is 0 Å². The molecule has 0 heterocycles. The molecule has 0 aliphatic heterocycles. The number of hydrogen-bond donors (Lipinski definition) is 3. The van der Waals surface area contributed by atoms with E-state index in [1.165, 1.54) is 0 Å². The first-order valence-electron chi connectivity index (χ1n) is 5.15. The van der Waals surface area contributed by atoms with Crippen molar-refractivity contribution in [1.29, 1.82) is 0 Å². The Balaban J connectivity index is 3.51. The van der Waals surface area contributed by atoms with E-state index >= 15 is 0 Å². The summed E-state index contributed by atoms with van der Waals surface area (Å²) in [4.78, 5) is 21.6. The van der Waals surface area contributed by atoms with Crippen LogP contribution in [0.4, 0.5) is 0 Å². The van der Waals surface area contributed by atoms with Gasteiger partial charge in [0, 0.05) is 26.0 Å². The predicted molar refractivity (Wildman–Crippen MR) is 55.4 cm³/mol. The minimum atomic E-state index is -0.879. The molecule has 1 unspecified atom stereocenters. The lowest BCUT2D eigenvalue weighted by Crippen LogP contribution is -2.26. The second-order valence-corrected chi connectivity index (χ2v) is 3.69. The van der Waals surface area contributed by atoms with Crippen LogP contribution in [0.15, 0.2) is 0 Å². The summed E-state index contributed by atoms with van der Waals surface area (Å²) in [5, 5.41) is 19.7. The number of rotatable bonds is 8. The lowest BCUT2D eigenvalue weighted by atomic mass is 10.0. The Morgan fingerprint density at radius 3 is 2.47 bits per heavy atom. The summed E-state index contributed by atoms with van der Waals surface area (Å²) in [5.74, 6) is -1.14. The van der Waals surface area contributed by atoms with Crippen molar-refractivity contribution in [2.75, 3.05) is 13.2 Å². The number of carbonyl (C=O) groups excluding carboxylic acids is 1. The molecule has 3 N–H and O–H groups in total. The SMILES string of the molecule is CC(CC(=O)O)CC(=O)NCCCCO. The lowest BCUT2D eigenvalue weighted by Gasteiger charge is -2.08. The van der Waals surface area contributed by atoms with Gasteiger partial charge in [0.15, 0.2) is 0 Å². The average molecular weight is 217 g/mol. The fourth-order valence-electron chi connectivity index (χ4n) is 1.22. The molecule has 0 bridgehead atoms. The topological polar surface area (TPSA) is 86.6 Å². The minimum absolute atomic E-state index is 0.0179. The molecule has 0 fully saturated rings. The van der Waals surface area contributed by atoms with Crippen molar-refractivity contribution in [3.8, 4) is 0 Å². The van der Waals surface area contributed by atoms with Crippen LogP contribution in [0.3, 0.4) is 0 Å². The molecule has 0 aliphatic carbocycles. The molecular weight excluding hydrogens is 198 g/mol. The van der Waals surface area contributed by atoms with Crippen LogP contribution in [0.5, 0.6) is 0 Å². The molecule has 5 heteroatoms. The summed E-state index contributed by atoms with van der Waals surface area (Å²) in [7, 11) is 0. The fourth-order valence-corrected chi connectivity index (χ4v) is 1.22. The molecule has 0 rings (SSSR count). The third-order valence-electron chi connectivity index (χ3n) is 1.96. The number of hydrogen-bond acceptors (Lipinski definition) is 3. The highest BCUT2D eigenvalue weighted by atomic mass is 16.4. The number of nitrogens with one attached hydrogen (secondary N) is 1. The van der Waals surface area contributed by atoms with Gasteiger partial charge >= 0.3 is 5.97 Å². The van der Waals surface area contributed by atoms with Crippen LogP contribution in [0.2, 0.25) is 0 Å². The van der Waals surface area contributed by atoms with Crippen molar-refractivity contribution in [1.82, 2.24) is 5.32 Å². The third-order valence-corrected chi connectivity index (χ3v) is 1.96. The molecule has 0 aromatic heterocycles. The van der Waals surface area contributed by atoms with Crippen LogP contribution in [-0.2, 0) is 9.59 Å². The number of aliphatic hydroxyl groups is 1. The number of carboxylic acid groups (broad SMARTS) is 1.